The minimum atomic E-state index is -0.147. The average Bonchev–Trinajstić information content (AvgIpc) is 3.00. The highest BCUT2D eigenvalue weighted by molar-refractivity contribution is 5.89. The van der Waals surface area contributed by atoms with Crippen molar-refractivity contribution in [3.05, 3.63) is 31.0 Å². The molecule has 0 unspecified atom stereocenters. The van der Waals surface area contributed by atoms with Crippen LogP contribution in [0.1, 0.15) is 20.8 Å². The van der Waals surface area contributed by atoms with Crippen LogP contribution < -0.4 is 5.32 Å². The molecule has 1 atom stereocenters. The van der Waals surface area contributed by atoms with Crippen LogP contribution in [0.5, 0.6) is 0 Å². The maximum Gasteiger partial charge on any atom is 0.321 e. The van der Waals surface area contributed by atoms with Gasteiger partial charge < -0.3 is 10.2 Å². The number of aromatic nitrogens is 4. The highest BCUT2D eigenvalue weighted by Gasteiger charge is 2.18. The summed E-state index contributed by atoms with van der Waals surface area (Å²) in [5.74, 6) is 1.04. The van der Waals surface area contributed by atoms with E-state index in [0.717, 1.165) is 0 Å². The van der Waals surface area contributed by atoms with E-state index in [0.29, 0.717) is 17.4 Å². The van der Waals surface area contributed by atoms with Gasteiger partial charge in [-0.1, -0.05) is 13.8 Å². The summed E-state index contributed by atoms with van der Waals surface area (Å²) in [5, 5.41) is 6.82. The molecule has 2 heterocycles. The first-order valence-electron chi connectivity index (χ1n) is 6.84. The molecule has 112 valence electrons. The summed E-state index contributed by atoms with van der Waals surface area (Å²) in [4.78, 5) is 21.9. The van der Waals surface area contributed by atoms with E-state index >= 15 is 0 Å². The molecule has 7 heteroatoms. The van der Waals surface area contributed by atoms with Crippen LogP contribution in [0, 0.1) is 5.92 Å². The second-order valence-corrected chi connectivity index (χ2v) is 5.27. The van der Waals surface area contributed by atoms with Gasteiger partial charge >= 0.3 is 6.03 Å². The van der Waals surface area contributed by atoms with Crippen LogP contribution in [0.2, 0.25) is 0 Å². The Morgan fingerprint density at radius 1 is 1.33 bits per heavy atom. The van der Waals surface area contributed by atoms with E-state index < -0.39 is 0 Å². The Kier molecular flexibility index (Phi) is 4.52. The van der Waals surface area contributed by atoms with E-state index in [1.807, 2.05) is 6.92 Å². The molecule has 0 saturated heterocycles. The summed E-state index contributed by atoms with van der Waals surface area (Å²) < 4.78 is 1.55. The first-order valence-corrected chi connectivity index (χ1v) is 6.84. The van der Waals surface area contributed by atoms with Crippen molar-refractivity contribution in [3.8, 4) is 5.82 Å². The maximum atomic E-state index is 12.1. The van der Waals surface area contributed by atoms with Gasteiger partial charge in [0, 0.05) is 13.1 Å². The number of hydrogen-bond donors (Lipinski definition) is 1. The molecule has 0 aliphatic heterocycles. The molecule has 0 fully saturated rings. The minimum Gasteiger partial charge on any atom is -0.325 e. The number of urea groups is 1. The molecule has 2 rings (SSSR count). The van der Waals surface area contributed by atoms with Gasteiger partial charge in [-0.05, 0) is 25.0 Å². The van der Waals surface area contributed by atoms with Crippen molar-refractivity contribution >= 4 is 11.7 Å². The number of carbonyl (C=O) groups excluding carboxylic acids is 1. The van der Waals surface area contributed by atoms with Gasteiger partial charge in [0.1, 0.15) is 12.7 Å². The van der Waals surface area contributed by atoms with Crippen LogP contribution in [0.4, 0.5) is 10.5 Å². The third-order valence-corrected chi connectivity index (χ3v) is 3.55. The molecule has 2 aromatic rings. The van der Waals surface area contributed by atoms with Crippen LogP contribution in [0.15, 0.2) is 31.0 Å². The first kappa shape index (κ1) is 15.0. The molecule has 0 aromatic carbocycles. The number of pyridine rings is 1. The fourth-order valence-corrected chi connectivity index (χ4v) is 1.77. The number of anilines is 1. The zero-order chi connectivity index (χ0) is 15.4. The van der Waals surface area contributed by atoms with Crippen LogP contribution in [-0.4, -0.2) is 43.8 Å². The summed E-state index contributed by atoms with van der Waals surface area (Å²) in [6, 6.07) is 3.57. The largest absolute Gasteiger partial charge is 0.325 e. The van der Waals surface area contributed by atoms with Crippen molar-refractivity contribution in [1.82, 2.24) is 24.6 Å². The highest BCUT2D eigenvalue weighted by atomic mass is 16.2. The topological polar surface area (TPSA) is 75.9 Å². The number of amides is 2. The Morgan fingerprint density at radius 2 is 2.10 bits per heavy atom. The lowest BCUT2D eigenvalue weighted by molar-refractivity contribution is 0.193. The van der Waals surface area contributed by atoms with Crippen molar-refractivity contribution in [3.63, 3.8) is 0 Å². The molecule has 0 aliphatic rings. The average molecular weight is 288 g/mol. The Labute approximate surface area is 124 Å². The van der Waals surface area contributed by atoms with E-state index in [-0.39, 0.29) is 12.1 Å². The lowest BCUT2D eigenvalue weighted by Crippen LogP contribution is -2.40. The molecule has 0 radical (unpaired) electrons. The van der Waals surface area contributed by atoms with Gasteiger partial charge in [0.25, 0.3) is 0 Å². The predicted octanol–water partition coefficient (Wildman–Crippen LogP) is 2.17. The number of nitrogens with one attached hydrogen (secondary N) is 1. The van der Waals surface area contributed by atoms with E-state index in [1.165, 1.54) is 6.33 Å². The third kappa shape index (κ3) is 3.56. The summed E-state index contributed by atoms with van der Waals surface area (Å²) in [6.07, 6.45) is 4.61. The highest BCUT2D eigenvalue weighted by Crippen LogP contribution is 2.12. The van der Waals surface area contributed by atoms with Gasteiger partial charge in [-0.25, -0.2) is 19.4 Å². The normalized spacial score (nSPS) is 12.2. The summed E-state index contributed by atoms with van der Waals surface area (Å²) in [7, 11) is 1.79. The van der Waals surface area contributed by atoms with Crippen LogP contribution in [-0.2, 0) is 0 Å². The van der Waals surface area contributed by atoms with Crippen molar-refractivity contribution in [1.29, 1.82) is 0 Å². The number of rotatable bonds is 4. The van der Waals surface area contributed by atoms with Gasteiger partial charge in [0.15, 0.2) is 5.82 Å². The second-order valence-electron chi connectivity index (χ2n) is 5.27. The van der Waals surface area contributed by atoms with E-state index in [2.05, 4.69) is 34.2 Å². The zero-order valence-corrected chi connectivity index (χ0v) is 12.7. The Bertz CT molecular complexity index is 578. The number of hydrogen-bond acceptors (Lipinski definition) is 4. The number of carbonyl (C=O) groups is 1. The number of nitrogens with zero attached hydrogens (tertiary/aromatic N) is 5. The van der Waals surface area contributed by atoms with Crippen LogP contribution >= 0.6 is 0 Å². The quantitative estimate of drug-likeness (QED) is 0.935. The first-order chi connectivity index (χ1) is 9.99. The smallest absolute Gasteiger partial charge is 0.321 e. The summed E-state index contributed by atoms with van der Waals surface area (Å²) >= 11 is 0. The van der Waals surface area contributed by atoms with Crippen molar-refractivity contribution in [2.45, 2.75) is 26.8 Å². The van der Waals surface area contributed by atoms with E-state index in [9.17, 15) is 4.79 Å². The SMILES string of the molecule is CC(C)[C@@H](C)N(C)C(=O)Nc1ccc(-n2cncn2)nc1. The molecule has 2 aromatic heterocycles. The van der Waals surface area contributed by atoms with Gasteiger partial charge in [-0.3, -0.25) is 0 Å². The van der Waals surface area contributed by atoms with E-state index in [1.54, 1.807) is 41.3 Å². The second kappa shape index (κ2) is 6.34. The van der Waals surface area contributed by atoms with Gasteiger partial charge in [-0.2, -0.15) is 5.10 Å². The molecule has 2 amide bonds. The fourth-order valence-electron chi connectivity index (χ4n) is 1.77. The van der Waals surface area contributed by atoms with Crippen LogP contribution in [0.25, 0.3) is 5.82 Å². The lowest BCUT2D eigenvalue weighted by atomic mass is 10.1. The summed E-state index contributed by atoms with van der Waals surface area (Å²) in [6.45, 7) is 6.20. The standard InChI is InChI=1S/C14H20N6O/c1-10(2)11(3)19(4)14(21)18-12-5-6-13(16-7-12)20-9-15-8-17-20/h5-11H,1-4H3,(H,18,21)/t11-/m1/s1. The Balaban J connectivity index is 2.02. The van der Waals surface area contributed by atoms with Gasteiger partial charge in [-0.15, -0.1) is 0 Å². The summed E-state index contributed by atoms with van der Waals surface area (Å²) in [5.41, 5.74) is 0.645. The maximum absolute atomic E-state index is 12.1. The lowest BCUT2D eigenvalue weighted by Gasteiger charge is -2.28. The fraction of sp³-hybridized carbons (Fsp3) is 0.429. The minimum absolute atomic E-state index is 0.147. The van der Waals surface area contributed by atoms with E-state index in [4.69, 9.17) is 0 Å². The molecular formula is C14H20N6O. The van der Waals surface area contributed by atoms with Crippen LogP contribution in [0.3, 0.4) is 0 Å². The molecule has 0 saturated carbocycles. The third-order valence-electron chi connectivity index (χ3n) is 3.55. The zero-order valence-electron chi connectivity index (χ0n) is 12.7. The Morgan fingerprint density at radius 3 is 2.62 bits per heavy atom. The monoisotopic (exact) mass is 288 g/mol. The molecule has 7 nitrogen and oxygen atoms in total. The van der Waals surface area contributed by atoms with Gasteiger partial charge in [0.05, 0.1) is 11.9 Å². The van der Waals surface area contributed by atoms with Crippen molar-refractivity contribution in [2.24, 2.45) is 5.92 Å². The molecule has 0 spiro atoms. The van der Waals surface area contributed by atoms with Crippen molar-refractivity contribution < 1.29 is 4.79 Å². The predicted molar refractivity (Wildman–Crippen MR) is 80.2 cm³/mol. The molecule has 0 aliphatic carbocycles. The molecule has 0 bridgehead atoms. The molecule has 21 heavy (non-hydrogen) atoms. The van der Waals surface area contributed by atoms with Gasteiger partial charge in [0.2, 0.25) is 0 Å². The molecular weight excluding hydrogens is 268 g/mol. The Hall–Kier alpha value is -2.44. The van der Waals surface area contributed by atoms with Crippen molar-refractivity contribution in [2.75, 3.05) is 12.4 Å². The molecule has 1 N–H and O–H groups in total.